The maximum Gasteiger partial charge on any atom is 0.251 e. The molecule has 4 rings (SSSR count). The highest BCUT2D eigenvalue weighted by Gasteiger charge is 2.41. The summed E-state index contributed by atoms with van der Waals surface area (Å²) >= 11 is 0. The van der Waals surface area contributed by atoms with Gasteiger partial charge < -0.3 is 19.9 Å². The van der Waals surface area contributed by atoms with Crippen LogP contribution in [0.5, 0.6) is 0 Å². The Morgan fingerprint density at radius 1 is 1.10 bits per heavy atom. The van der Waals surface area contributed by atoms with Crippen molar-refractivity contribution in [3.05, 3.63) is 35.4 Å². The number of hydrogen-bond donors (Lipinski definition) is 1. The summed E-state index contributed by atoms with van der Waals surface area (Å²) in [6.45, 7) is 6.32. The number of nitrogens with zero attached hydrogens (tertiary/aromatic N) is 3. The monoisotopic (exact) mass is 414 g/mol. The standard InChI is InChI=1S/C22H30N4O4/c27-20-16-25(22(29)19-3-1-10-26(19)20)15-17-4-6-18(7-5-17)21(28)23-8-2-9-24-11-13-30-14-12-24/h4-7,19H,1-3,8-16H2,(H,23,28)/t19-/m0/s1. The summed E-state index contributed by atoms with van der Waals surface area (Å²) in [4.78, 5) is 43.0. The number of carbonyl (C=O) groups excluding carboxylic acids is 3. The minimum atomic E-state index is -0.284. The molecule has 0 bridgehead atoms. The Labute approximate surface area is 177 Å². The van der Waals surface area contributed by atoms with Crippen LogP contribution in [-0.4, -0.2) is 90.9 Å². The lowest BCUT2D eigenvalue weighted by Crippen LogP contribution is -2.56. The zero-order valence-electron chi connectivity index (χ0n) is 17.3. The van der Waals surface area contributed by atoms with Crippen molar-refractivity contribution in [2.24, 2.45) is 0 Å². The van der Waals surface area contributed by atoms with Gasteiger partial charge in [0.2, 0.25) is 11.8 Å². The molecular weight excluding hydrogens is 384 g/mol. The minimum Gasteiger partial charge on any atom is -0.379 e. The van der Waals surface area contributed by atoms with E-state index in [0.29, 0.717) is 25.2 Å². The molecule has 3 fully saturated rings. The van der Waals surface area contributed by atoms with Crippen LogP contribution in [0, 0.1) is 0 Å². The van der Waals surface area contributed by atoms with Crippen LogP contribution in [-0.2, 0) is 20.9 Å². The second-order valence-corrected chi connectivity index (χ2v) is 8.20. The summed E-state index contributed by atoms with van der Waals surface area (Å²) in [6.07, 6.45) is 2.56. The number of fused-ring (bicyclic) bond motifs is 1. The number of rotatable bonds is 7. The third-order valence-electron chi connectivity index (χ3n) is 6.13. The first-order valence-electron chi connectivity index (χ1n) is 10.9. The Morgan fingerprint density at radius 2 is 1.87 bits per heavy atom. The molecule has 0 radical (unpaired) electrons. The molecule has 1 atom stereocenters. The van der Waals surface area contributed by atoms with Crippen molar-refractivity contribution in [2.45, 2.75) is 31.8 Å². The molecule has 1 N–H and O–H groups in total. The fourth-order valence-electron chi connectivity index (χ4n) is 4.41. The van der Waals surface area contributed by atoms with Gasteiger partial charge in [0.15, 0.2) is 0 Å². The van der Waals surface area contributed by atoms with Crippen molar-refractivity contribution in [3.8, 4) is 0 Å². The van der Waals surface area contributed by atoms with E-state index >= 15 is 0 Å². The third-order valence-corrected chi connectivity index (χ3v) is 6.13. The summed E-state index contributed by atoms with van der Waals surface area (Å²) < 4.78 is 5.34. The van der Waals surface area contributed by atoms with E-state index in [2.05, 4.69) is 10.2 Å². The molecule has 3 saturated heterocycles. The topological polar surface area (TPSA) is 82.2 Å². The van der Waals surface area contributed by atoms with Gasteiger partial charge in [0.1, 0.15) is 12.6 Å². The minimum absolute atomic E-state index is 0.0326. The Balaban J connectivity index is 1.24. The van der Waals surface area contributed by atoms with Crippen LogP contribution in [0.15, 0.2) is 24.3 Å². The van der Waals surface area contributed by atoms with Crippen LogP contribution >= 0.6 is 0 Å². The lowest BCUT2D eigenvalue weighted by molar-refractivity contribution is -0.154. The van der Waals surface area contributed by atoms with Gasteiger partial charge in [0, 0.05) is 38.3 Å². The normalized spacial score (nSPS) is 22.3. The van der Waals surface area contributed by atoms with Crippen LogP contribution in [0.3, 0.4) is 0 Å². The molecule has 8 heteroatoms. The molecule has 0 unspecified atom stereocenters. The van der Waals surface area contributed by atoms with E-state index in [4.69, 9.17) is 4.74 Å². The van der Waals surface area contributed by atoms with Crippen molar-refractivity contribution in [3.63, 3.8) is 0 Å². The number of hydrogen-bond acceptors (Lipinski definition) is 5. The molecule has 0 aromatic heterocycles. The van der Waals surface area contributed by atoms with E-state index in [0.717, 1.165) is 57.7 Å². The van der Waals surface area contributed by atoms with Gasteiger partial charge in [-0.1, -0.05) is 12.1 Å². The van der Waals surface area contributed by atoms with Gasteiger partial charge in [-0.3, -0.25) is 19.3 Å². The highest BCUT2D eigenvalue weighted by Crippen LogP contribution is 2.24. The molecule has 162 valence electrons. The van der Waals surface area contributed by atoms with Crippen molar-refractivity contribution in [1.29, 1.82) is 0 Å². The first-order valence-corrected chi connectivity index (χ1v) is 10.9. The lowest BCUT2D eigenvalue weighted by atomic mass is 10.1. The molecule has 30 heavy (non-hydrogen) atoms. The number of nitrogens with one attached hydrogen (secondary N) is 1. The molecule has 1 aromatic rings. The van der Waals surface area contributed by atoms with Crippen molar-refractivity contribution < 1.29 is 19.1 Å². The number of ether oxygens (including phenoxy) is 1. The largest absolute Gasteiger partial charge is 0.379 e. The molecule has 3 amide bonds. The van der Waals surface area contributed by atoms with Crippen LogP contribution in [0.1, 0.15) is 35.2 Å². The van der Waals surface area contributed by atoms with Gasteiger partial charge >= 0.3 is 0 Å². The van der Waals surface area contributed by atoms with Gasteiger partial charge in [-0.25, -0.2) is 0 Å². The second kappa shape index (κ2) is 9.57. The molecule has 3 aliphatic heterocycles. The third kappa shape index (κ3) is 4.82. The molecule has 0 aliphatic carbocycles. The highest BCUT2D eigenvalue weighted by atomic mass is 16.5. The molecule has 8 nitrogen and oxygen atoms in total. The zero-order valence-corrected chi connectivity index (χ0v) is 17.3. The summed E-state index contributed by atoms with van der Waals surface area (Å²) in [5.41, 5.74) is 1.53. The Hall–Kier alpha value is -2.45. The van der Waals surface area contributed by atoms with Gasteiger partial charge in [-0.05, 0) is 43.5 Å². The van der Waals surface area contributed by atoms with E-state index in [9.17, 15) is 14.4 Å². The van der Waals surface area contributed by atoms with Crippen LogP contribution in [0.2, 0.25) is 0 Å². The van der Waals surface area contributed by atoms with Crippen LogP contribution in [0.25, 0.3) is 0 Å². The van der Waals surface area contributed by atoms with E-state index in [1.54, 1.807) is 21.9 Å². The maximum atomic E-state index is 12.7. The van der Waals surface area contributed by atoms with Gasteiger partial charge in [0.05, 0.1) is 13.2 Å². The van der Waals surface area contributed by atoms with Gasteiger partial charge in [0.25, 0.3) is 5.91 Å². The number of morpholine rings is 1. The second-order valence-electron chi connectivity index (χ2n) is 8.20. The average molecular weight is 415 g/mol. The number of carbonyl (C=O) groups is 3. The van der Waals surface area contributed by atoms with E-state index in [1.165, 1.54) is 0 Å². The van der Waals surface area contributed by atoms with Crippen molar-refractivity contribution in [1.82, 2.24) is 20.0 Å². The molecule has 0 saturated carbocycles. The molecule has 3 heterocycles. The number of amides is 3. The summed E-state index contributed by atoms with van der Waals surface area (Å²) in [5.74, 6) is -0.0197. The van der Waals surface area contributed by atoms with Crippen molar-refractivity contribution >= 4 is 17.7 Å². The summed E-state index contributed by atoms with van der Waals surface area (Å²) in [5, 5.41) is 2.97. The van der Waals surface area contributed by atoms with Crippen LogP contribution < -0.4 is 5.32 Å². The Bertz CT molecular complexity index is 776. The Morgan fingerprint density at radius 3 is 2.63 bits per heavy atom. The average Bonchev–Trinajstić information content (AvgIpc) is 3.27. The van der Waals surface area contributed by atoms with Crippen molar-refractivity contribution in [2.75, 3.05) is 52.5 Å². The molecular formula is C22H30N4O4. The molecule has 0 spiro atoms. The fourth-order valence-corrected chi connectivity index (χ4v) is 4.41. The first-order chi connectivity index (χ1) is 14.6. The summed E-state index contributed by atoms with van der Waals surface area (Å²) in [7, 11) is 0. The Kier molecular flexibility index (Phi) is 6.64. The predicted octanol–water partition coefficient (Wildman–Crippen LogP) is 0.472. The molecule has 1 aromatic carbocycles. The smallest absolute Gasteiger partial charge is 0.251 e. The fraction of sp³-hybridized carbons (Fsp3) is 0.591. The SMILES string of the molecule is O=C(NCCCN1CCOCC1)c1ccc(CN2CC(=O)N3CCC[C@H]3C2=O)cc1. The quantitative estimate of drug-likeness (QED) is 0.656. The van der Waals surface area contributed by atoms with Gasteiger partial charge in [-0.2, -0.15) is 0 Å². The predicted molar refractivity (Wildman–Crippen MR) is 111 cm³/mol. The van der Waals surface area contributed by atoms with E-state index < -0.39 is 0 Å². The van der Waals surface area contributed by atoms with E-state index in [1.807, 2.05) is 12.1 Å². The summed E-state index contributed by atoms with van der Waals surface area (Å²) in [6, 6.07) is 7.01. The molecule has 3 aliphatic rings. The highest BCUT2D eigenvalue weighted by molar-refractivity contribution is 5.95. The number of benzene rings is 1. The van der Waals surface area contributed by atoms with Gasteiger partial charge in [-0.15, -0.1) is 0 Å². The van der Waals surface area contributed by atoms with E-state index in [-0.39, 0.29) is 30.3 Å². The lowest BCUT2D eigenvalue weighted by Gasteiger charge is -2.36. The zero-order chi connectivity index (χ0) is 20.9. The number of piperazine rings is 1. The van der Waals surface area contributed by atoms with Crippen LogP contribution in [0.4, 0.5) is 0 Å². The maximum absolute atomic E-state index is 12.7. The first kappa shape index (κ1) is 20.8.